The standard InChI is InChI=1S/C10H9F2N3O2/c1-14(4-2-3-13)9-6-7(11)5-8(12)10(9)15(16)17/h5-6H,2,4H2,1H3. The van der Waals surface area contributed by atoms with Gasteiger partial charge in [-0.15, -0.1) is 0 Å². The van der Waals surface area contributed by atoms with Crippen LogP contribution in [0.4, 0.5) is 20.2 Å². The lowest BCUT2D eigenvalue weighted by Gasteiger charge is -2.17. The molecule has 0 aromatic heterocycles. The summed E-state index contributed by atoms with van der Waals surface area (Å²) in [5.41, 5.74) is -0.963. The zero-order chi connectivity index (χ0) is 13.0. The number of nitro benzene ring substituents is 1. The minimum atomic E-state index is -1.23. The fraction of sp³-hybridized carbons (Fsp3) is 0.300. The van der Waals surface area contributed by atoms with Crippen molar-refractivity contribution in [2.75, 3.05) is 18.5 Å². The molecule has 0 heterocycles. The second-order valence-electron chi connectivity index (χ2n) is 3.34. The number of hydrogen-bond donors (Lipinski definition) is 0. The minimum absolute atomic E-state index is 0.103. The molecule has 0 unspecified atom stereocenters. The molecule has 0 aliphatic rings. The van der Waals surface area contributed by atoms with Gasteiger partial charge in [0.15, 0.2) is 0 Å². The summed E-state index contributed by atoms with van der Waals surface area (Å²) in [4.78, 5) is 11.0. The summed E-state index contributed by atoms with van der Waals surface area (Å²) in [7, 11) is 1.43. The van der Waals surface area contributed by atoms with Gasteiger partial charge in [-0.25, -0.2) is 4.39 Å². The average Bonchev–Trinajstić information content (AvgIpc) is 2.23. The van der Waals surface area contributed by atoms with Crippen LogP contribution >= 0.6 is 0 Å². The normalized spacial score (nSPS) is 9.76. The molecule has 0 amide bonds. The highest BCUT2D eigenvalue weighted by molar-refractivity contribution is 5.63. The Morgan fingerprint density at radius 2 is 2.18 bits per heavy atom. The van der Waals surface area contributed by atoms with Gasteiger partial charge in [0, 0.05) is 25.7 Å². The molecule has 7 heteroatoms. The molecule has 1 rings (SSSR count). The largest absolute Gasteiger partial charge is 0.368 e. The number of nitrogens with zero attached hydrogens (tertiary/aromatic N) is 3. The van der Waals surface area contributed by atoms with E-state index in [-0.39, 0.29) is 18.7 Å². The molecule has 0 aliphatic heterocycles. The molecule has 90 valence electrons. The molecule has 0 radical (unpaired) electrons. The van der Waals surface area contributed by atoms with Crippen molar-refractivity contribution in [2.45, 2.75) is 6.42 Å². The van der Waals surface area contributed by atoms with Gasteiger partial charge >= 0.3 is 5.69 Å². The second-order valence-corrected chi connectivity index (χ2v) is 3.34. The molecule has 0 spiro atoms. The van der Waals surface area contributed by atoms with E-state index in [2.05, 4.69) is 0 Å². The number of benzene rings is 1. The van der Waals surface area contributed by atoms with Crippen molar-refractivity contribution in [3.05, 3.63) is 33.9 Å². The van der Waals surface area contributed by atoms with E-state index in [0.29, 0.717) is 6.07 Å². The summed E-state index contributed by atoms with van der Waals surface area (Å²) < 4.78 is 26.3. The highest BCUT2D eigenvalue weighted by Gasteiger charge is 2.24. The smallest absolute Gasteiger partial charge is 0.328 e. The van der Waals surface area contributed by atoms with Crippen molar-refractivity contribution < 1.29 is 13.7 Å². The van der Waals surface area contributed by atoms with Crippen LogP contribution in [0.15, 0.2) is 12.1 Å². The third-order valence-corrected chi connectivity index (χ3v) is 2.16. The molecule has 0 saturated carbocycles. The van der Waals surface area contributed by atoms with Crippen molar-refractivity contribution in [3.8, 4) is 6.07 Å². The molecule has 0 atom stereocenters. The number of anilines is 1. The Labute approximate surface area is 96.0 Å². The zero-order valence-corrected chi connectivity index (χ0v) is 8.98. The molecule has 1 aromatic carbocycles. The molecule has 0 saturated heterocycles. The Morgan fingerprint density at radius 1 is 1.53 bits per heavy atom. The summed E-state index contributed by atoms with van der Waals surface area (Å²) in [6.45, 7) is 0.153. The van der Waals surface area contributed by atoms with Gasteiger partial charge in [-0.1, -0.05) is 0 Å². The first kappa shape index (κ1) is 12.8. The lowest BCUT2D eigenvalue weighted by atomic mass is 10.2. The van der Waals surface area contributed by atoms with Crippen LogP contribution < -0.4 is 4.90 Å². The quantitative estimate of drug-likeness (QED) is 0.598. The molecule has 1 aromatic rings. The third-order valence-electron chi connectivity index (χ3n) is 2.16. The fourth-order valence-electron chi connectivity index (χ4n) is 1.36. The number of rotatable bonds is 4. The van der Waals surface area contributed by atoms with Crippen molar-refractivity contribution in [3.63, 3.8) is 0 Å². The van der Waals surface area contributed by atoms with E-state index in [0.717, 1.165) is 6.07 Å². The summed E-state index contributed by atoms with van der Waals surface area (Å²) >= 11 is 0. The highest BCUT2D eigenvalue weighted by atomic mass is 19.1. The maximum atomic E-state index is 13.3. The fourth-order valence-corrected chi connectivity index (χ4v) is 1.36. The van der Waals surface area contributed by atoms with Crippen molar-refractivity contribution >= 4 is 11.4 Å². The van der Waals surface area contributed by atoms with Crippen LogP contribution in [0, 0.1) is 33.1 Å². The number of nitro groups is 1. The van der Waals surface area contributed by atoms with E-state index in [1.54, 1.807) is 0 Å². The van der Waals surface area contributed by atoms with E-state index in [1.165, 1.54) is 11.9 Å². The van der Waals surface area contributed by atoms with Gasteiger partial charge in [-0.3, -0.25) is 10.1 Å². The molecular weight excluding hydrogens is 232 g/mol. The van der Waals surface area contributed by atoms with Gasteiger partial charge in [0.25, 0.3) is 0 Å². The van der Waals surface area contributed by atoms with Gasteiger partial charge in [0.1, 0.15) is 11.5 Å². The van der Waals surface area contributed by atoms with Gasteiger partial charge in [0.05, 0.1) is 17.4 Å². The SMILES string of the molecule is CN(CCC#N)c1cc(F)cc(F)c1[N+](=O)[O-]. The first-order valence-electron chi connectivity index (χ1n) is 4.69. The highest BCUT2D eigenvalue weighted by Crippen LogP contribution is 2.31. The Bertz CT molecular complexity index is 485. The molecule has 0 bridgehead atoms. The average molecular weight is 241 g/mol. The summed E-state index contributed by atoms with van der Waals surface area (Å²) in [6.07, 6.45) is 0.103. The van der Waals surface area contributed by atoms with Crippen LogP contribution in [0.3, 0.4) is 0 Å². The van der Waals surface area contributed by atoms with E-state index in [4.69, 9.17) is 5.26 Å². The minimum Gasteiger partial charge on any atom is -0.368 e. The van der Waals surface area contributed by atoms with E-state index in [1.807, 2.05) is 6.07 Å². The van der Waals surface area contributed by atoms with Crippen molar-refractivity contribution in [2.24, 2.45) is 0 Å². The predicted molar refractivity (Wildman–Crippen MR) is 56.5 cm³/mol. The zero-order valence-electron chi connectivity index (χ0n) is 8.98. The van der Waals surface area contributed by atoms with Crippen LogP contribution in [0.5, 0.6) is 0 Å². The first-order valence-corrected chi connectivity index (χ1v) is 4.69. The van der Waals surface area contributed by atoms with Crippen molar-refractivity contribution in [1.82, 2.24) is 0 Å². The molecule has 17 heavy (non-hydrogen) atoms. The molecule has 0 aliphatic carbocycles. The summed E-state index contributed by atoms with van der Waals surface area (Å²) in [5, 5.41) is 19.1. The topological polar surface area (TPSA) is 70.2 Å². The lowest BCUT2D eigenvalue weighted by Crippen LogP contribution is -2.20. The second kappa shape index (κ2) is 5.21. The predicted octanol–water partition coefficient (Wildman–Crippen LogP) is 2.22. The van der Waals surface area contributed by atoms with Gasteiger partial charge < -0.3 is 4.90 Å². The Morgan fingerprint density at radius 3 is 2.71 bits per heavy atom. The Hall–Kier alpha value is -2.23. The van der Waals surface area contributed by atoms with Crippen LogP contribution in [0.1, 0.15) is 6.42 Å². The lowest BCUT2D eigenvalue weighted by molar-refractivity contribution is -0.386. The molecule has 0 N–H and O–H groups in total. The van der Waals surface area contributed by atoms with E-state index < -0.39 is 22.2 Å². The number of nitriles is 1. The van der Waals surface area contributed by atoms with Crippen molar-refractivity contribution in [1.29, 1.82) is 5.26 Å². The monoisotopic (exact) mass is 241 g/mol. The number of halogens is 2. The maximum absolute atomic E-state index is 13.3. The van der Waals surface area contributed by atoms with E-state index in [9.17, 15) is 18.9 Å². The Kier molecular flexibility index (Phi) is 3.93. The van der Waals surface area contributed by atoms with Gasteiger partial charge in [0.2, 0.25) is 5.82 Å². The molecule has 5 nitrogen and oxygen atoms in total. The molecule has 0 fully saturated rings. The summed E-state index contributed by atoms with van der Waals surface area (Å²) in [6, 6.07) is 3.18. The van der Waals surface area contributed by atoms with Crippen LogP contribution in [-0.2, 0) is 0 Å². The van der Waals surface area contributed by atoms with Crippen LogP contribution in [0.2, 0.25) is 0 Å². The molecular formula is C10H9F2N3O2. The Balaban J connectivity index is 3.21. The third kappa shape index (κ3) is 2.87. The maximum Gasteiger partial charge on any atom is 0.328 e. The summed E-state index contributed by atoms with van der Waals surface area (Å²) in [5.74, 6) is -2.12. The van der Waals surface area contributed by atoms with Crippen LogP contribution in [0.25, 0.3) is 0 Å². The van der Waals surface area contributed by atoms with E-state index >= 15 is 0 Å². The first-order chi connectivity index (χ1) is 7.97. The van der Waals surface area contributed by atoms with Gasteiger partial charge in [-0.2, -0.15) is 9.65 Å². The number of hydrogen-bond acceptors (Lipinski definition) is 4. The van der Waals surface area contributed by atoms with Gasteiger partial charge in [-0.05, 0) is 0 Å². The van der Waals surface area contributed by atoms with Crippen LogP contribution in [-0.4, -0.2) is 18.5 Å².